The van der Waals surface area contributed by atoms with Gasteiger partial charge in [-0.2, -0.15) is 0 Å². The third-order valence-electron chi connectivity index (χ3n) is 4.11. The first-order valence-electron chi connectivity index (χ1n) is 7.12. The first-order chi connectivity index (χ1) is 9.65. The summed E-state index contributed by atoms with van der Waals surface area (Å²) in [6.45, 7) is 6.98. The minimum Gasteiger partial charge on any atom is -0.314 e. The maximum Gasteiger partial charge on any atom is 0.276 e. The Morgan fingerprint density at radius 2 is 1.85 bits per heavy atom. The first-order valence-corrected chi connectivity index (χ1v) is 7.12. The van der Waals surface area contributed by atoms with Crippen molar-refractivity contribution in [1.82, 2.24) is 15.3 Å². The summed E-state index contributed by atoms with van der Waals surface area (Å²) in [5.41, 5.74) is 3.24. The van der Waals surface area contributed by atoms with E-state index < -0.39 is 0 Å². The van der Waals surface area contributed by atoms with Gasteiger partial charge in [0.25, 0.3) is 11.8 Å². The number of imide groups is 1. The topological polar surface area (TPSA) is 52.7 Å². The van der Waals surface area contributed by atoms with Crippen LogP contribution in [0.15, 0.2) is 12.1 Å². The van der Waals surface area contributed by atoms with Crippen LogP contribution < -0.4 is 5.32 Å². The fourth-order valence-corrected chi connectivity index (χ4v) is 3.05. The maximum absolute atomic E-state index is 12.7. The molecule has 20 heavy (non-hydrogen) atoms. The molecule has 5 heteroatoms. The summed E-state index contributed by atoms with van der Waals surface area (Å²) in [5, 5.41) is 6.42. The van der Waals surface area contributed by atoms with Crippen LogP contribution in [0.5, 0.6) is 0 Å². The van der Waals surface area contributed by atoms with Gasteiger partial charge in [-0.25, -0.2) is 10.0 Å². The highest BCUT2D eigenvalue weighted by Crippen LogP contribution is 2.29. The molecule has 1 saturated heterocycles. The zero-order valence-electron chi connectivity index (χ0n) is 11.9. The molecule has 3 rings (SSSR count). The van der Waals surface area contributed by atoms with Crippen LogP contribution in [0.4, 0.5) is 0 Å². The molecule has 2 heterocycles. The number of piperazine rings is 1. The second-order valence-corrected chi connectivity index (χ2v) is 5.26. The molecule has 0 bridgehead atoms. The number of amides is 2. The molecule has 1 aromatic rings. The lowest BCUT2D eigenvalue weighted by atomic mass is 9.96. The number of rotatable bonds is 2. The van der Waals surface area contributed by atoms with E-state index in [1.807, 2.05) is 24.9 Å². The Kier molecular flexibility index (Phi) is 3.31. The first kappa shape index (κ1) is 13.3. The maximum atomic E-state index is 12.7. The fraction of sp³-hybridized carbons (Fsp3) is 0.467. The SMILES string of the molecule is CCc1c(C)ccc2c1C(=O)N(N1CCNCC1)C2=O. The van der Waals surface area contributed by atoms with Crippen molar-refractivity contribution in [1.29, 1.82) is 0 Å². The monoisotopic (exact) mass is 273 g/mol. The van der Waals surface area contributed by atoms with E-state index >= 15 is 0 Å². The number of nitrogens with zero attached hydrogens (tertiary/aromatic N) is 2. The summed E-state index contributed by atoms with van der Waals surface area (Å²) >= 11 is 0. The predicted octanol–water partition coefficient (Wildman–Crippen LogP) is 0.974. The molecule has 0 saturated carbocycles. The van der Waals surface area contributed by atoms with E-state index in [2.05, 4.69) is 5.32 Å². The van der Waals surface area contributed by atoms with Gasteiger partial charge in [0.15, 0.2) is 0 Å². The second kappa shape index (κ2) is 5.00. The lowest BCUT2D eigenvalue weighted by Crippen LogP contribution is -2.54. The number of nitrogens with one attached hydrogen (secondary N) is 1. The summed E-state index contributed by atoms with van der Waals surface area (Å²) in [6, 6.07) is 3.72. The Morgan fingerprint density at radius 3 is 2.50 bits per heavy atom. The smallest absolute Gasteiger partial charge is 0.276 e. The molecule has 106 valence electrons. The number of hydrogen-bond donors (Lipinski definition) is 1. The van der Waals surface area contributed by atoms with E-state index in [-0.39, 0.29) is 11.8 Å². The molecule has 5 nitrogen and oxygen atoms in total. The summed E-state index contributed by atoms with van der Waals surface area (Å²) < 4.78 is 0. The molecule has 1 N–H and O–H groups in total. The second-order valence-electron chi connectivity index (χ2n) is 5.26. The van der Waals surface area contributed by atoms with Crippen molar-refractivity contribution in [3.05, 3.63) is 34.4 Å². The van der Waals surface area contributed by atoms with Crippen LogP contribution in [-0.2, 0) is 6.42 Å². The van der Waals surface area contributed by atoms with Gasteiger partial charge in [0.1, 0.15) is 0 Å². The molecule has 0 atom stereocenters. The van der Waals surface area contributed by atoms with Crippen molar-refractivity contribution in [2.45, 2.75) is 20.3 Å². The van der Waals surface area contributed by atoms with Gasteiger partial charge >= 0.3 is 0 Å². The highest BCUT2D eigenvalue weighted by atomic mass is 16.2. The predicted molar refractivity (Wildman–Crippen MR) is 75.5 cm³/mol. The molecule has 0 spiro atoms. The highest BCUT2D eigenvalue weighted by Gasteiger charge is 2.41. The largest absolute Gasteiger partial charge is 0.314 e. The third kappa shape index (κ3) is 1.85. The molecule has 1 fully saturated rings. The Morgan fingerprint density at radius 1 is 1.15 bits per heavy atom. The van der Waals surface area contributed by atoms with Gasteiger partial charge in [0.05, 0.1) is 11.1 Å². The lowest BCUT2D eigenvalue weighted by molar-refractivity contribution is -0.00360. The van der Waals surface area contributed by atoms with Crippen molar-refractivity contribution in [2.75, 3.05) is 26.2 Å². The van der Waals surface area contributed by atoms with Gasteiger partial charge in [0, 0.05) is 26.2 Å². The zero-order valence-corrected chi connectivity index (χ0v) is 11.9. The van der Waals surface area contributed by atoms with Gasteiger partial charge < -0.3 is 5.32 Å². The molecule has 2 amide bonds. The number of hydrazine groups is 1. The van der Waals surface area contributed by atoms with Crippen LogP contribution >= 0.6 is 0 Å². The average molecular weight is 273 g/mol. The molecule has 2 aliphatic heterocycles. The average Bonchev–Trinajstić information content (AvgIpc) is 2.72. The number of aryl methyl sites for hydroxylation is 1. The quantitative estimate of drug-likeness (QED) is 0.816. The third-order valence-corrected chi connectivity index (χ3v) is 4.11. The van der Waals surface area contributed by atoms with Gasteiger partial charge in [-0.15, -0.1) is 0 Å². The standard InChI is InChI=1S/C15H19N3O2/c1-3-11-10(2)4-5-12-13(11)15(20)18(14(12)19)17-8-6-16-7-9-17/h4-5,16H,3,6-9H2,1-2H3. The normalized spacial score (nSPS) is 19.6. The van der Waals surface area contributed by atoms with E-state index in [0.29, 0.717) is 24.2 Å². The molecule has 0 unspecified atom stereocenters. The summed E-state index contributed by atoms with van der Waals surface area (Å²) in [5.74, 6) is -0.339. The van der Waals surface area contributed by atoms with Gasteiger partial charge in [-0.05, 0) is 30.5 Å². The van der Waals surface area contributed by atoms with Crippen molar-refractivity contribution in [3.63, 3.8) is 0 Å². The van der Waals surface area contributed by atoms with Gasteiger partial charge in [-0.3, -0.25) is 9.59 Å². The number of hydrogen-bond acceptors (Lipinski definition) is 4. The van der Waals surface area contributed by atoms with Crippen LogP contribution in [0.2, 0.25) is 0 Å². The van der Waals surface area contributed by atoms with Crippen molar-refractivity contribution >= 4 is 11.8 Å². The highest BCUT2D eigenvalue weighted by molar-refractivity contribution is 6.21. The van der Waals surface area contributed by atoms with Crippen LogP contribution in [0.1, 0.15) is 38.8 Å². The Balaban J connectivity index is 2.03. The Bertz CT molecular complexity index is 577. The lowest BCUT2D eigenvalue weighted by Gasteiger charge is -2.33. The van der Waals surface area contributed by atoms with E-state index in [4.69, 9.17) is 0 Å². The van der Waals surface area contributed by atoms with Crippen molar-refractivity contribution < 1.29 is 9.59 Å². The van der Waals surface area contributed by atoms with Crippen LogP contribution in [0, 0.1) is 6.92 Å². The molecule has 2 aliphatic rings. The number of fused-ring (bicyclic) bond motifs is 1. The number of carbonyl (C=O) groups is 2. The van der Waals surface area contributed by atoms with Gasteiger partial charge in [-0.1, -0.05) is 13.0 Å². The Hall–Kier alpha value is -1.72. The van der Waals surface area contributed by atoms with Gasteiger partial charge in [0.2, 0.25) is 0 Å². The summed E-state index contributed by atoms with van der Waals surface area (Å²) in [4.78, 5) is 25.2. The molecule has 1 aromatic carbocycles. The number of carbonyl (C=O) groups excluding carboxylic acids is 2. The van der Waals surface area contributed by atoms with E-state index in [1.54, 1.807) is 6.07 Å². The summed E-state index contributed by atoms with van der Waals surface area (Å²) in [7, 11) is 0. The number of benzene rings is 1. The fourth-order valence-electron chi connectivity index (χ4n) is 3.05. The van der Waals surface area contributed by atoms with Crippen LogP contribution in [0.3, 0.4) is 0 Å². The minimum absolute atomic E-state index is 0.160. The van der Waals surface area contributed by atoms with Crippen LogP contribution in [-0.4, -0.2) is 48.0 Å². The molecule has 0 radical (unpaired) electrons. The molecule has 0 aliphatic carbocycles. The van der Waals surface area contributed by atoms with E-state index in [0.717, 1.165) is 30.6 Å². The van der Waals surface area contributed by atoms with Crippen molar-refractivity contribution in [2.24, 2.45) is 0 Å². The Labute approximate surface area is 118 Å². The zero-order chi connectivity index (χ0) is 14.3. The molecular weight excluding hydrogens is 254 g/mol. The van der Waals surface area contributed by atoms with E-state index in [1.165, 1.54) is 5.01 Å². The molecule has 0 aromatic heterocycles. The summed E-state index contributed by atoms with van der Waals surface area (Å²) in [6.07, 6.45) is 0.767. The van der Waals surface area contributed by atoms with E-state index in [9.17, 15) is 9.59 Å². The molecular formula is C15H19N3O2. The minimum atomic E-state index is -0.179. The van der Waals surface area contributed by atoms with Crippen LogP contribution in [0.25, 0.3) is 0 Å². The van der Waals surface area contributed by atoms with Crippen molar-refractivity contribution in [3.8, 4) is 0 Å².